The minimum Gasteiger partial charge on any atom is -0.341 e. The minimum atomic E-state index is -6.24. The van der Waals surface area contributed by atoms with Gasteiger partial charge in [-0.3, -0.25) is 36.4 Å². The van der Waals surface area contributed by atoms with Crippen LogP contribution in [-0.4, -0.2) is 208 Å². The smallest absolute Gasteiger partial charge is 0.341 e. The van der Waals surface area contributed by atoms with Gasteiger partial charge >= 0.3 is 83.2 Å². The van der Waals surface area contributed by atoms with Crippen LogP contribution in [0, 0.1) is 0 Å². The van der Waals surface area contributed by atoms with Crippen LogP contribution in [0.4, 0.5) is 0 Å². The zero-order valence-electron chi connectivity index (χ0n) is 26.1. The van der Waals surface area contributed by atoms with Gasteiger partial charge in [0.1, 0.15) is 37.1 Å². The van der Waals surface area contributed by atoms with Gasteiger partial charge in [-0.05, 0) is 0 Å². The van der Waals surface area contributed by atoms with Crippen molar-refractivity contribution in [2.24, 2.45) is 0 Å². The van der Waals surface area contributed by atoms with E-state index < -0.39 is 158 Å². The molecule has 0 bridgehead atoms. The Balaban J connectivity index is 0.0000157. The minimum absolute atomic E-state index is 0. The standard InChI is InChI=1S/C12H22O35S8.Na/c13-48(14,15)37-1-4-6(43-51(22,23)24)8(45-53(28,29)30)9(46-54(31,32)33)11(40-4)42-12(3-39-50(19,20)21)10(47-55(34,35)36)7(44-52(25,26)27)5(41-12)2-38-49(16,17)18;/h4-11H,1-3H2,(H,13,14,15)(H,16,17,18)(H,19,20,21)(H,22,23,24)(H,25,26,27)(H,28,29,30)(H,31,32,33)(H,34,35,36);/t4-,5-,6-,7-,8+,9-,10+,11-,12+;/m1./s1. The van der Waals surface area contributed by atoms with Crippen molar-refractivity contribution in [1.29, 1.82) is 0 Å². The third kappa shape index (κ3) is 19.5. The summed E-state index contributed by atoms with van der Waals surface area (Å²) < 4.78 is 307. The molecular formula is C12H22NaO35S8. The average molecular weight is 1010 g/mol. The Labute approximate surface area is 336 Å². The second-order valence-corrected chi connectivity index (χ2v) is 18.2. The normalized spacial score (nSPS) is 30.1. The Bertz CT molecular complexity index is 2280. The monoisotopic (exact) mass is 1000 g/mol. The Kier molecular flexibility index (Phi) is 18.1. The SMILES string of the molecule is O=S(=O)(O)OC[C@H]1O[C@@](COS(=O)(=O)O)(O[C@H]2O[C@H](COS(=O)(=O)O)[C@@H](OS(=O)(=O)O)[C@H](OS(=O)(=O)O)[C@H]2OS(=O)(=O)O)[C@@H](OS(=O)(=O)O)[C@@H]1OS(=O)(=O)O.[Na]. The molecule has 0 saturated carbocycles. The van der Waals surface area contributed by atoms with E-state index in [2.05, 4.69) is 33.5 Å². The number of ether oxygens (including phenoxy) is 3. The van der Waals surface area contributed by atoms with Crippen molar-refractivity contribution in [2.45, 2.75) is 54.8 Å². The van der Waals surface area contributed by atoms with Crippen molar-refractivity contribution in [2.75, 3.05) is 19.8 Å². The molecule has 0 amide bonds. The van der Waals surface area contributed by atoms with Crippen molar-refractivity contribution < 1.29 is 151 Å². The molecule has 2 aliphatic rings. The maximum absolute atomic E-state index is 11.9. The van der Waals surface area contributed by atoms with Gasteiger partial charge < -0.3 is 14.2 Å². The molecule has 2 saturated heterocycles. The second-order valence-electron chi connectivity index (χ2n) is 9.64. The van der Waals surface area contributed by atoms with Gasteiger partial charge in [0.05, 0.1) is 13.2 Å². The van der Waals surface area contributed by atoms with Crippen LogP contribution in [0.2, 0.25) is 0 Å². The Morgan fingerprint density at radius 2 is 0.786 bits per heavy atom. The molecule has 2 fully saturated rings. The van der Waals surface area contributed by atoms with Crippen molar-refractivity contribution in [3.05, 3.63) is 0 Å². The van der Waals surface area contributed by atoms with Gasteiger partial charge in [-0.1, -0.05) is 0 Å². The van der Waals surface area contributed by atoms with Gasteiger partial charge in [-0.2, -0.15) is 67.3 Å². The maximum atomic E-state index is 11.9. The fourth-order valence-corrected chi connectivity index (χ4v) is 7.68. The first-order valence-electron chi connectivity index (χ1n) is 12.3. The predicted octanol–water partition coefficient (Wildman–Crippen LogP) is -7.16. The molecule has 0 aromatic carbocycles. The summed E-state index contributed by atoms with van der Waals surface area (Å²) in [7, 11) is -48.3. The van der Waals surface area contributed by atoms with Crippen LogP contribution >= 0.6 is 0 Å². The van der Waals surface area contributed by atoms with Gasteiger partial charge in [0.25, 0.3) is 0 Å². The fourth-order valence-electron chi connectivity index (χ4n) is 4.24. The predicted molar refractivity (Wildman–Crippen MR) is 158 cm³/mol. The van der Waals surface area contributed by atoms with Gasteiger partial charge in [0.2, 0.25) is 5.79 Å². The Hall–Kier alpha value is -0.160. The topological polar surface area (TPSA) is 536 Å². The van der Waals surface area contributed by atoms with E-state index in [-0.39, 0.29) is 29.6 Å². The summed E-state index contributed by atoms with van der Waals surface area (Å²) in [4.78, 5) is 0. The first kappa shape index (κ1) is 53.9. The summed E-state index contributed by atoms with van der Waals surface area (Å²) in [6, 6.07) is 0. The summed E-state index contributed by atoms with van der Waals surface area (Å²) in [5, 5.41) is 0. The van der Waals surface area contributed by atoms with Crippen LogP contribution in [0.25, 0.3) is 0 Å². The molecular weight excluding hydrogens is 984 g/mol. The molecule has 0 unspecified atom stereocenters. The van der Waals surface area contributed by atoms with E-state index in [9.17, 15) is 94.7 Å². The summed E-state index contributed by atoms with van der Waals surface area (Å²) in [6.45, 7) is -6.25. The second kappa shape index (κ2) is 18.8. The van der Waals surface area contributed by atoms with Crippen LogP contribution in [0.1, 0.15) is 0 Å². The zero-order chi connectivity index (χ0) is 43.0. The van der Waals surface area contributed by atoms with Crippen LogP contribution in [0.15, 0.2) is 0 Å². The van der Waals surface area contributed by atoms with Crippen molar-refractivity contribution in [3.63, 3.8) is 0 Å². The molecule has 35 nitrogen and oxygen atoms in total. The molecule has 44 heteroatoms. The number of hydrogen-bond donors (Lipinski definition) is 8. The maximum Gasteiger partial charge on any atom is 0.397 e. The van der Waals surface area contributed by atoms with E-state index >= 15 is 0 Å². The van der Waals surface area contributed by atoms with Crippen molar-refractivity contribution >= 4 is 113 Å². The largest absolute Gasteiger partial charge is 0.397 e. The van der Waals surface area contributed by atoms with E-state index in [1.165, 1.54) is 0 Å². The Morgan fingerprint density at radius 1 is 0.429 bits per heavy atom. The third-order valence-corrected chi connectivity index (χ3v) is 9.28. The quantitative estimate of drug-likeness (QED) is 0.0391. The Morgan fingerprint density at radius 3 is 1.18 bits per heavy atom. The van der Waals surface area contributed by atoms with Crippen LogP contribution < -0.4 is 0 Å². The molecule has 8 N–H and O–H groups in total. The number of hydrogen-bond acceptors (Lipinski definition) is 27. The summed E-state index contributed by atoms with van der Waals surface area (Å²) in [6.07, 6.45) is -26.0. The summed E-state index contributed by atoms with van der Waals surface area (Å²) in [5.41, 5.74) is 0. The van der Waals surface area contributed by atoms with E-state index in [0.717, 1.165) is 0 Å². The molecule has 2 rings (SSSR count). The molecule has 9 atom stereocenters. The average Bonchev–Trinajstić information content (AvgIpc) is 3.15. The van der Waals surface area contributed by atoms with E-state index in [1.54, 1.807) is 0 Å². The fraction of sp³-hybridized carbons (Fsp3) is 1.00. The molecule has 0 aliphatic carbocycles. The van der Waals surface area contributed by atoms with E-state index in [4.69, 9.17) is 23.3 Å². The molecule has 2 heterocycles. The van der Waals surface area contributed by atoms with Gasteiger partial charge in [-0.15, -0.1) is 0 Å². The zero-order valence-corrected chi connectivity index (χ0v) is 34.6. The molecule has 329 valence electrons. The van der Waals surface area contributed by atoms with Gasteiger partial charge in [0, 0.05) is 29.6 Å². The molecule has 0 aromatic heterocycles. The molecule has 0 aromatic rings. The first-order chi connectivity index (χ1) is 24.2. The van der Waals surface area contributed by atoms with Crippen LogP contribution in [-0.2, 0) is 131 Å². The van der Waals surface area contributed by atoms with E-state index in [1.807, 2.05) is 0 Å². The summed E-state index contributed by atoms with van der Waals surface area (Å²) >= 11 is 0. The summed E-state index contributed by atoms with van der Waals surface area (Å²) in [5.74, 6) is -4.12. The molecule has 1 radical (unpaired) electrons. The van der Waals surface area contributed by atoms with Gasteiger partial charge in [-0.25, -0.2) is 33.5 Å². The third-order valence-electron chi connectivity index (χ3n) is 5.68. The van der Waals surface area contributed by atoms with Gasteiger partial charge in [0.15, 0.2) is 18.5 Å². The van der Waals surface area contributed by atoms with Crippen molar-refractivity contribution in [1.82, 2.24) is 0 Å². The first-order valence-corrected chi connectivity index (χ1v) is 23.2. The number of rotatable bonds is 21. The van der Waals surface area contributed by atoms with Crippen molar-refractivity contribution in [3.8, 4) is 0 Å². The van der Waals surface area contributed by atoms with Crippen LogP contribution in [0.5, 0.6) is 0 Å². The molecule has 0 spiro atoms. The molecule has 56 heavy (non-hydrogen) atoms. The van der Waals surface area contributed by atoms with Crippen LogP contribution in [0.3, 0.4) is 0 Å². The van der Waals surface area contributed by atoms with E-state index in [0.29, 0.717) is 0 Å². The molecule has 2 aliphatic heterocycles.